The molecule has 1 aromatic rings. The maximum absolute atomic E-state index is 13.7. The molecule has 2 atom stereocenters. The third-order valence-electron chi connectivity index (χ3n) is 5.13. The van der Waals surface area contributed by atoms with E-state index < -0.39 is 11.6 Å². The fourth-order valence-corrected chi connectivity index (χ4v) is 3.96. The number of anilines is 1. The third kappa shape index (κ3) is 3.04. The molecule has 3 rings (SSSR count). The van der Waals surface area contributed by atoms with Crippen LogP contribution in [0, 0.1) is 17.0 Å². The summed E-state index contributed by atoms with van der Waals surface area (Å²) >= 11 is 0. The van der Waals surface area contributed by atoms with Gasteiger partial charge in [-0.1, -0.05) is 12.8 Å². The second-order valence-corrected chi connectivity index (χ2v) is 6.40. The molecule has 6 heteroatoms. The van der Waals surface area contributed by atoms with Crippen LogP contribution < -0.4 is 11.1 Å². The Bertz CT molecular complexity index is 600. The normalized spacial score (nSPS) is 26.3. The highest BCUT2D eigenvalue weighted by molar-refractivity contribution is 5.92. The molecule has 3 N–H and O–H groups in total. The van der Waals surface area contributed by atoms with E-state index in [0.29, 0.717) is 6.61 Å². The first-order valence-electron chi connectivity index (χ1n) is 8.22. The van der Waals surface area contributed by atoms with Crippen LogP contribution in [0.2, 0.25) is 0 Å². The van der Waals surface area contributed by atoms with E-state index in [9.17, 15) is 8.78 Å². The zero-order valence-corrected chi connectivity index (χ0v) is 13.3. The Morgan fingerprint density at radius 3 is 2.83 bits per heavy atom. The first-order valence-corrected chi connectivity index (χ1v) is 8.22. The van der Waals surface area contributed by atoms with Crippen molar-refractivity contribution in [3.8, 4) is 0 Å². The second-order valence-electron chi connectivity index (χ2n) is 6.40. The Morgan fingerprint density at radius 2 is 2.13 bits per heavy atom. The van der Waals surface area contributed by atoms with Crippen molar-refractivity contribution >= 4 is 11.6 Å². The average Bonchev–Trinajstić information content (AvgIpc) is 3.03. The van der Waals surface area contributed by atoms with Crippen LogP contribution in [0.25, 0.3) is 0 Å². The number of hydrogen-bond donors (Lipinski definition) is 2. The molecule has 0 heterocycles. The summed E-state index contributed by atoms with van der Waals surface area (Å²) in [7, 11) is 0. The number of ether oxygens (including phenoxy) is 1. The smallest absolute Gasteiger partial charge is 0.193 e. The van der Waals surface area contributed by atoms with Crippen LogP contribution in [0.15, 0.2) is 23.2 Å². The molecule has 0 saturated heterocycles. The Balaban J connectivity index is 1.72. The number of nitrogens with zero attached hydrogens (tertiary/aromatic N) is 1. The van der Waals surface area contributed by atoms with Gasteiger partial charge >= 0.3 is 0 Å². The summed E-state index contributed by atoms with van der Waals surface area (Å²) in [6, 6.07) is 3.30. The highest BCUT2D eigenvalue weighted by Crippen LogP contribution is 2.56. The fraction of sp³-hybridized carbons (Fsp3) is 0.588. The number of nitrogens with two attached hydrogens (primary N) is 1. The van der Waals surface area contributed by atoms with E-state index in [1.165, 1.54) is 12.8 Å². The van der Waals surface area contributed by atoms with E-state index in [1.54, 1.807) is 0 Å². The van der Waals surface area contributed by atoms with Crippen molar-refractivity contribution in [1.29, 1.82) is 0 Å². The molecule has 0 radical (unpaired) electrons. The molecule has 2 aliphatic carbocycles. The number of hydrogen-bond acceptors (Lipinski definition) is 2. The fourth-order valence-electron chi connectivity index (χ4n) is 3.96. The topological polar surface area (TPSA) is 59.6 Å². The third-order valence-corrected chi connectivity index (χ3v) is 5.13. The lowest BCUT2D eigenvalue weighted by molar-refractivity contribution is -0.119. The summed E-state index contributed by atoms with van der Waals surface area (Å²) in [4.78, 5) is 4.53. The molecule has 4 nitrogen and oxygen atoms in total. The predicted molar refractivity (Wildman–Crippen MR) is 86.3 cm³/mol. The number of aliphatic imine (C=N–C) groups is 1. The van der Waals surface area contributed by atoms with Gasteiger partial charge in [0, 0.05) is 18.1 Å². The largest absolute Gasteiger partial charge is 0.378 e. The van der Waals surface area contributed by atoms with Gasteiger partial charge in [0.15, 0.2) is 5.96 Å². The molecule has 0 bridgehead atoms. The average molecular weight is 323 g/mol. The van der Waals surface area contributed by atoms with Crippen molar-refractivity contribution in [2.45, 2.75) is 51.2 Å². The summed E-state index contributed by atoms with van der Waals surface area (Å²) in [5, 5.41) is 2.68. The molecule has 23 heavy (non-hydrogen) atoms. The zero-order valence-electron chi connectivity index (χ0n) is 13.3. The van der Waals surface area contributed by atoms with Crippen molar-refractivity contribution in [2.24, 2.45) is 16.1 Å². The van der Waals surface area contributed by atoms with Crippen LogP contribution in [0.1, 0.15) is 39.0 Å². The maximum Gasteiger partial charge on any atom is 0.193 e. The summed E-state index contributed by atoms with van der Waals surface area (Å²) in [6.45, 7) is 2.70. The molecule has 2 saturated carbocycles. The van der Waals surface area contributed by atoms with Crippen LogP contribution in [0.4, 0.5) is 14.5 Å². The first-order chi connectivity index (χ1) is 11.0. The quantitative estimate of drug-likeness (QED) is 0.659. The maximum atomic E-state index is 13.7. The lowest BCUT2D eigenvalue weighted by Crippen LogP contribution is -2.56. The Morgan fingerprint density at radius 1 is 1.39 bits per heavy atom. The van der Waals surface area contributed by atoms with Crippen LogP contribution >= 0.6 is 0 Å². The van der Waals surface area contributed by atoms with Crippen LogP contribution in [0.5, 0.6) is 0 Å². The van der Waals surface area contributed by atoms with Crippen LogP contribution in [-0.4, -0.2) is 24.7 Å². The zero-order chi connectivity index (χ0) is 16.4. The SMILES string of the molecule is CCOC1CC(N=C(N)Nc2cc(F)ccc2F)C12CCCC2. The van der Waals surface area contributed by atoms with E-state index in [-0.39, 0.29) is 29.2 Å². The van der Waals surface area contributed by atoms with Crippen molar-refractivity contribution in [3.05, 3.63) is 29.8 Å². The van der Waals surface area contributed by atoms with Gasteiger partial charge in [-0.2, -0.15) is 0 Å². The minimum Gasteiger partial charge on any atom is -0.378 e. The molecule has 0 aromatic heterocycles. The molecule has 1 aromatic carbocycles. The van der Waals surface area contributed by atoms with Gasteiger partial charge in [0.2, 0.25) is 0 Å². The Kier molecular flexibility index (Phi) is 4.53. The highest BCUT2D eigenvalue weighted by Gasteiger charge is 2.56. The molecule has 2 fully saturated rings. The summed E-state index contributed by atoms with van der Waals surface area (Å²) < 4.78 is 32.7. The van der Waals surface area contributed by atoms with Gasteiger partial charge in [0.25, 0.3) is 0 Å². The molecular formula is C17H23F2N3O. The van der Waals surface area contributed by atoms with Gasteiger partial charge in [0.1, 0.15) is 11.6 Å². The van der Waals surface area contributed by atoms with Crippen LogP contribution in [-0.2, 0) is 4.74 Å². The number of benzene rings is 1. The van der Waals surface area contributed by atoms with Crippen molar-refractivity contribution in [1.82, 2.24) is 0 Å². The second kappa shape index (κ2) is 6.43. The minimum atomic E-state index is -0.555. The summed E-state index contributed by atoms with van der Waals surface area (Å²) in [6.07, 6.45) is 5.62. The first kappa shape index (κ1) is 16.2. The Hall–Kier alpha value is -1.69. The number of nitrogens with one attached hydrogen (secondary N) is 1. The number of guanidine groups is 1. The number of halogens is 2. The molecular weight excluding hydrogens is 300 g/mol. The van der Waals surface area contributed by atoms with Gasteiger partial charge in [-0.15, -0.1) is 0 Å². The van der Waals surface area contributed by atoms with Crippen molar-refractivity contribution in [3.63, 3.8) is 0 Å². The molecule has 1 spiro atoms. The molecule has 126 valence electrons. The van der Waals surface area contributed by atoms with Gasteiger partial charge in [-0.05, 0) is 38.3 Å². The highest BCUT2D eigenvalue weighted by atomic mass is 19.1. The Labute approximate surface area is 135 Å². The van der Waals surface area contributed by atoms with E-state index in [4.69, 9.17) is 10.5 Å². The molecule has 2 aliphatic rings. The number of rotatable bonds is 4. The lowest BCUT2D eigenvalue weighted by Gasteiger charge is -2.52. The van der Waals surface area contributed by atoms with Gasteiger partial charge in [-0.3, -0.25) is 0 Å². The lowest BCUT2D eigenvalue weighted by atomic mass is 9.61. The monoisotopic (exact) mass is 323 g/mol. The summed E-state index contributed by atoms with van der Waals surface area (Å²) in [5.74, 6) is -0.948. The van der Waals surface area contributed by atoms with Gasteiger partial charge < -0.3 is 15.8 Å². The molecule has 2 unspecified atom stereocenters. The standard InChI is InChI=1S/C17H23F2N3O/c1-2-23-15-10-14(17(15)7-3-4-8-17)22-16(20)21-13-9-11(18)5-6-12(13)19/h5-6,9,14-15H,2-4,7-8,10H2,1H3,(H3,20,21,22). The van der Waals surface area contributed by atoms with E-state index in [0.717, 1.165) is 37.5 Å². The van der Waals surface area contributed by atoms with Crippen LogP contribution in [0.3, 0.4) is 0 Å². The predicted octanol–water partition coefficient (Wildman–Crippen LogP) is 3.43. The van der Waals surface area contributed by atoms with Crippen molar-refractivity contribution < 1.29 is 13.5 Å². The minimum absolute atomic E-state index is 0.00686. The molecule has 0 amide bonds. The van der Waals surface area contributed by atoms with Gasteiger partial charge in [-0.25, -0.2) is 13.8 Å². The van der Waals surface area contributed by atoms with E-state index >= 15 is 0 Å². The van der Waals surface area contributed by atoms with E-state index in [1.807, 2.05) is 6.92 Å². The molecule has 0 aliphatic heterocycles. The van der Waals surface area contributed by atoms with E-state index in [2.05, 4.69) is 10.3 Å². The summed E-state index contributed by atoms with van der Waals surface area (Å²) in [5.41, 5.74) is 5.99. The van der Waals surface area contributed by atoms with Gasteiger partial charge in [0.05, 0.1) is 17.8 Å². The van der Waals surface area contributed by atoms with Crippen molar-refractivity contribution in [2.75, 3.05) is 11.9 Å².